The monoisotopic (exact) mass is 291 g/mol. The summed E-state index contributed by atoms with van der Waals surface area (Å²) < 4.78 is 11.0. The van der Waals surface area contributed by atoms with E-state index in [4.69, 9.17) is 9.47 Å². The standard InChI is InChI=1S/C18H29NO2/c1-5-19-18(14-8-6-13(2)7-9-14)16-12-15(20-3)10-11-17(16)21-4/h10-14,18-19H,5-9H2,1-4H3. The summed E-state index contributed by atoms with van der Waals surface area (Å²) in [6.07, 6.45) is 5.25. The van der Waals surface area contributed by atoms with Crippen molar-refractivity contribution in [2.45, 2.75) is 45.6 Å². The van der Waals surface area contributed by atoms with Gasteiger partial charge in [-0.3, -0.25) is 0 Å². The average Bonchev–Trinajstić information content (AvgIpc) is 2.53. The molecule has 0 spiro atoms. The summed E-state index contributed by atoms with van der Waals surface area (Å²) in [7, 11) is 3.47. The smallest absolute Gasteiger partial charge is 0.123 e. The molecule has 0 bridgehead atoms. The molecule has 0 radical (unpaired) electrons. The lowest BCUT2D eigenvalue weighted by atomic mass is 9.77. The van der Waals surface area contributed by atoms with Crippen LogP contribution in [0.25, 0.3) is 0 Å². The fourth-order valence-corrected chi connectivity index (χ4v) is 3.45. The first-order valence-electron chi connectivity index (χ1n) is 8.14. The van der Waals surface area contributed by atoms with Crippen molar-refractivity contribution in [3.8, 4) is 11.5 Å². The van der Waals surface area contributed by atoms with E-state index in [0.717, 1.165) is 24.0 Å². The highest BCUT2D eigenvalue weighted by atomic mass is 16.5. The Balaban J connectivity index is 2.28. The van der Waals surface area contributed by atoms with Crippen molar-refractivity contribution in [3.05, 3.63) is 23.8 Å². The molecule has 1 saturated carbocycles. The van der Waals surface area contributed by atoms with Gasteiger partial charge in [-0.05, 0) is 49.4 Å². The number of hydrogen-bond donors (Lipinski definition) is 1. The Bertz CT molecular complexity index is 439. The maximum atomic E-state index is 5.59. The number of nitrogens with one attached hydrogen (secondary N) is 1. The summed E-state index contributed by atoms with van der Waals surface area (Å²) in [6, 6.07) is 6.47. The highest BCUT2D eigenvalue weighted by molar-refractivity contribution is 5.42. The second kappa shape index (κ2) is 7.69. The topological polar surface area (TPSA) is 30.5 Å². The Morgan fingerprint density at radius 1 is 1.14 bits per heavy atom. The minimum atomic E-state index is 0.354. The number of ether oxygens (including phenoxy) is 2. The zero-order valence-electron chi connectivity index (χ0n) is 13.8. The third kappa shape index (κ3) is 3.91. The Morgan fingerprint density at radius 3 is 2.43 bits per heavy atom. The number of methoxy groups -OCH3 is 2. The molecule has 0 heterocycles. The van der Waals surface area contributed by atoms with Gasteiger partial charge >= 0.3 is 0 Å². The highest BCUT2D eigenvalue weighted by Gasteiger charge is 2.28. The van der Waals surface area contributed by atoms with Crippen molar-refractivity contribution >= 4 is 0 Å². The van der Waals surface area contributed by atoms with Crippen molar-refractivity contribution in [2.75, 3.05) is 20.8 Å². The van der Waals surface area contributed by atoms with Crippen LogP contribution in [0.1, 0.15) is 51.1 Å². The van der Waals surface area contributed by atoms with E-state index in [1.165, 1.54) is 31.2 Å². The van der Waals surface area contributed by atoms with Crippen LogP contribution < -0.4 is 14.8 Å². The lowest BCUT2D eigenvalue weighted by molar-refractivity contribution is 0.229. The van der Waals surface area contributed by atoms with E-state index < -0.39 is 0 Å². The van der Waals surface area contributed by atoms with Gasteiger partial charge in [-0.1, -0.05) is 26.7 Å². The van der Waals surface area contributed by atoms with Crippen LogP contribution in [0.15, 0.2) is 18.2 Å². The summed E-state index contributed by atoms with van der Waals surface area (Å²) in [5.41, 5.74) is 1.23. The molecule has 1 unspecified atom stereocenters. The molecule has 1 aliphatic carbocycles. The minimum Gasteiger partial charge on any atom is -0.497 e. The second-order valence-corrected chi connectivity index (χ2v) is 6.16. The maximum absolute atomic E-state index is 5.59. The van der Waals surface area contributed by atoms with Gasteiger partial charge < -0.3 is 14.8 Å². The molecule has 21 heavy (non-hydrogen) atoms. The van der Waals surface area contributed by atoms with Crippen molar-refractivity contribution in [1.82, 2.24) is 5.32 Å². The van der Waals surface area contributed by atoms with Crippen LogP contribution in [0.3, 0.4) is 0 Å². The molecule has 1 fully saturated rings. The Kier molecular flexibility index (Phi) is 5.92. The molecule has 0 aromatic heterocycles. The molecule has 0 saturated heterocycles. The van der Waals surface area contributed by atoms with Gasteiger partial charge in [-0.2, -0.15) is 0 Å². The van der Waals surface area contributed by atoms with E-state index >= 15 is 0 Å². The normalized spacial score (nSPS) is 23.6. The van der Waals surface area contributed by atoms with Gasteiger partial charge in [0.15, 0.2) is 0 Å². The second-order valence-electron chi connectivity index (χ2n) is 6.16. The molecule has 1 aromatic rings. The van der Waals surface area contributed by atoms with Crippen LogP contribution in [0, 0.1) is 11.8 Å². The predicted octanol–water partition coefficient (Wildman–Crippen LogP) is 4.18. The minimum absolute atomic E-state index is 0.354. The van der Waals surface area contributed by atoms with Crippen LogP contribution in [0.4, 0.5) is 0 Å². The molecule has 3 nitrogen and oxygen atoms in total. The summed E-state index contributed by atoms with van der Waals surface area (Å²) in [5, 5.41) is 3.67. The van der Waals surface area contributed by atoms with Gasteiger partial charge in [0.1, 0.15) is 11.5 Å². The van der Waals surface area contributed by atoms with Crippen LogP contribution in [0.5, 0.6) is 11.5 Å². The summed E-state index contributed by atoms with van der Waals surface area (Å²) >= 11 is 0. The molecule has 0 aliphatic heterocycles. The summed E-state index contributed by atoms with van der Waals surface area (Å²) in [5.74, 6) is 3.41. The van der Waals surface area contributed by atoms with Crippen molar-refractivity contribution < 1.29 is 9.47 Å². The van der Waals surface area contributed by atoms with Gasteiger partial charge in [0.25, 0.3) is 0 Å². The van der Waals surface area contributed by atoms with E-state index in [-0.39, 0.29) is 0 Å². The van der Waals surface area contributed by atoms with Crippen molar-refractivity contribution in [1.29, 1.82) is 0 Å². The van der Waals surface area contributed by atoms with Crippen molar-refractivity contribution in [3.63, 3.8) is 0 Å². The SMILES string of the molecule is CCNC(c1cc(OC)ccc1OC)C1CCC(C)CC1. The molecular weight excluding hydrogens is 262 g/mol. The molecule has 3 heteroatoms. The molecule has 0 amide bonds. The zero-order valence-corrected chi connectivity index (χ0v) is 13.8. The van der Waals surface area contributed by atoms with Crippen LogP contribution >= 0.6 is 0 Å². The van der Waals surface area contributed by atoms with E-state index in [2.05, 4.69) is 25.2 Å². The third-order valence-corrected chi connectivity index (χ3v) is 4.73. The number of benzene rings is 1. The van der Waals surface area contributed by atoms with Crippen LogP contribution in [-0.2, 0) is 0 Å². The summed E-state index contributed by atoms with van der Waals surface area (Å²) in [4.78, 5) is 0. The fraction of sp³-hybridized carbons (Fsp3) is 0.667. The Morgan fingerprint density at radius 2 is 1.86 bits per heavy atom. The fourth-order valence-electron chi connectivity index (χ4n) is 3.45. The number of hydrogen-bond acceptors (Lipinski definition) is 3. The van der Waals surface area contributed by atoms with Gasteiger partial charge in [0.2, 0.25) is 0 Å². The molecular formula is C18H29NO2. The average molecular weight is 291 g/mol. The van der Waals surface area contributed by atoms with Crippen LogP contribution in [-0.4, -0.2) is 20.8 Å². The predicted molar refractivity (Wildman–Crippen MR) is 87.1 cm³/mol. The summed E-state index contributed by atoms with van der Waals surface area (Å²) in [6.45, 7) is 5.51. The molecule has 1 aromatic carbocycles. The first-order chi connectivity index (χ1) is 10.2. The lowest BCUT2D eigenvalue weighted by Crippen LogP contribution is -2.31. The van der Waals surface area contributed by atoms with E-state index in [1.54, 1.807) is 14.2 Å². The lowest BCUT2D eigenvalue weighted by Gasteiger charge is -2.34. The first-order valence-corrected chi connectivity index (χ1v) is 8.14. The van der Waals surface area contributed by atoms with Gasteiger partial charge in [0.05, 0.1) is 14.2 Å². The molecule has 118 valence electrons. The zero-order chi connectivity index (χ0) is 15.2. The largest absolute Gasteiger partial charge is 0.497 e. The van der Waals surface area contributed by atoms with E-state index in [1.807, 2.05) is 12.1 Å². The molecule has 1 aliphatic rings. The maximum Gasteiger partial charge on any atom is 0.123 e. The van der Waals surface area contributed by atoms with Gasteiger partial charge in [-0.15, -0.1) is 0 Å². The number of rotatable bonds is 6. The van der Waals surface area contributed by atoms with Crippen LogP contribution in [0.2, 0.25) is 0 Å². The molecule has 1 atom stereocenters. The van der Waals surface area contributed by atoms with Gasteiger partial charge in [0, 0.05) is 11.6 Å². The van der Waals surface area contributed by atoms with Crippen molar-refractivity contribution in [2.24, 2.45) is 11.8 Å². The quantitative estimate of drug-likeness (QED) is 0.853. The Hall–Kier alpha value is -1.22. The first kappa shape index (κ1) is 16.2. The Labute approximate surface area is 129 Å². The third-order valence-electron chi connectivity index (χ3n) is 4.73. The highest BCUT2D eigenvalue weighted by Crippen LogP contribution is 2.40. The molecule has 2 rings (SSSR count). The van der Waals surface area contributed by atoms with E-state index in [0.29, 0.717) is 12.0 Å². The molecule has 1 N–H and O–H groups in total. The van der Waals surface area contributed by atoms with Gasteiger partial charge in [-0.25, -0.2) is 0 Å². The van der Waals surface area contributed by atoms with E-state index in [9.17, 15) is 0 Å².